The monoisotopic (exact) mass is 278 g/mol. The second-order valence-corrected chi connectivity index (χ2v) is 4.33. The van der Waals surface area contributed by atoms with E-state index in [1.54, 1.807) is 0 Å². The topological polar surface area (TPSA) is 25.8 Å². The van der Waals surface area contributed by atoms with Gasteiger partial charge in [-0.05, 0) is 23.7 Å². The van der Waals surface area contributed by atoms with Gasteiger partial charge >= 0.3 is 6.18 Å². The van der Waals surface area contributed by atoms with Crippen LogP contribution >= 0.6 is 23.1 Å². The van der Waals surface area contributed by atoms with Crippen LogP contribution in [0.15, 0.2) is 24.3 Å². The van der Waals surface area contributed by atoms with Gasteiger partial charge in [-0.25, -0.2) is 4.98 Å². The van der Waals surface area contributed by atoms with Crippen molar-refractivity contribution in [3.63, 3.8) is 0 Å². The summed E-state index contributed by atoms with van der Waals surface area (Å²) in [6.45, 7) is 0. The van der Waals surface area contributed by atoms with Crippen molar-refractivity contribution in [3.05, 3.63) is 34.8 Å². The third kappa shape index (κ3) is 2.76. The molecule has 1 heterocycles. The molecule has 17 heavy (non-hydrogen) atoms. The van der Waals surface area contributed by atoms with Gasteiger partial charge in [-0.15, -0.1) is 11.6 Å². The van der Waals surface area contributed by atoms with Crippen molar-refractivity contribution in [2.75, 3.05) is 0 Å². The van der Waals surface area contributed by atoms with Crippen LogP contribution in [0.5, 0.6) is 0 Å². The summed E-state index contributed by atoms with van der Waals surface area (Å²) in [4.78, 5) is 4.03. The van der Waals surface area contributed by atoms with Crippen LogP contribution < -0.4 is 0 Å². The first-order valence-electron chi connectivity index (χ1n) is 4.57. The maximum absolute atomic E-state index is 12.5. The number of nitrogens with zero attached hydrogens (tertiary/aromatic N) is 2. The molecule has 2 nitrogen and oxygen atoms in total. The molecule has 2 aromatic rings. The summed E-state index contributed by atoms with van der Waals surface area (Å²) < 4.78 is 41.4. The van der Waals surface area contributed by atoms with Crippen LogP contribution in [0.1, 0.15) is 10.6 Å². The van der Waals surface area contributed by atoms with Gasteiger partial charge in [0, 0.05) is 5.56 Å². The number of alkyl halides is 4. The Balaban J connectivity index is 2.39. The zero-order chi connectivity index (χ0) is 12.5. The Kier molecular flexibility index (Phi) is 3.35. The highest BCUT2D eigenvalue weighted by atomic mass is 35.5. The van der Waals surface area contributed by atoms with Crippen molar-refractivity contribution in [2.45, 2.75) is 12.1 Å². The maximum Gasteiger partial charge on any atom is 0.416 e. The van der Waals surface area contributed by atoms with Gasteiger partial charge in [-0.3, -0.25) is 0 Å². The van der Waals surface area contributed by atoms with E-state index >= 15 is 0 Å². The molecule has 0 N–H and O–H groups in total. The van der Waals surface area contributed by atoms with E-state index in [9.17, 15) is 13.2 Å². The highest BCUT2D eigenvalue weighted by molar-refractivity contribution is 7.05. The lowest BCUT2D eigenvalue weighted by Crippen LogP contribution is -2.04. The highest BCUT2D eigenvalue weighted by Crippen LogP contribution is 2.31. The molecule has 0 aliphatic carbocycles. The average molecular weight is 279 g/mol. The van der Waals surface area contributed by atoms with Crippen LogP contribution in [0.2, 0.25) is 0 Å². The summed E-state index contributed by atoms with van der Waals surface area (Å²) in [6, 6.07) is 4.91. The largest absolute Gasteiger partial charge is 0.416 e. The van der Waals surface area contributed by atoms with Crippen LogP contribution in [-0.4, -0.2) is 9.36 Å². The third-order valence-electron chi connectivity index (χ3n) is 2.03. The predicted molar refractivity (Wildman–Crippen MR) is 59.9 cm³/mol. The van der Waals surface area contributed by atoms with Crippen LogP contribution in [0.4, 0.5) is 13.2 Å². The zero-order valence-electron chi connectivity index (χ0n) is 8.33. The molecule has 0 unspecified atom stereocenters. The molecule has 0 saturated heterocycles. The fourth-order valence-electron chi connectivity index (χ4n) is 1.26. The average Bonchev–Trinajstić information content (AvgIpc) is 2.76. The van der Waals surface area contributed by atoms with Gasteiger partial charge in [0.1, 0.15) is 5.01 Å². The first-order chi connectivity index (χ1) is 8.00. The molecule has 0 radical (unpaired) electrons. The van der Waals surface area contributed by atoms with E-state index < -0.39 is 11.7 Å². The van der Waals surface area contributed by atoms with Gasteiger partial charge in [-0.2, -0.15) is 17.5 Å². The lowest BCUT2D eigenvalue weighted by atomic mass is 10.1. The zero-order valence-corrected chi connectivity index (χ0v) is 9.90. The van der Waals surface area contributed by atoms with E-state index in [1.807, 2.05) is 0 Å². The number of hydrogen-bond donors (Lipinski definition) is 0. The molecule has 7 heteroatoms. The molecule has 1 aromatic heterocycles. The van der Waals surface area contributed by atoms with Crippen molar-refractivity contribution in [2.24, 2.45) is 0 Å². The third-order valence-corrected chi connectivity index (χ3v) is 3.15. The molecule has 1 aromatic carbocycles. The van der Waals surface area contributed by atoms with E-state index in [1.165, 1.54) is 12.1 Å². The lowest BCUT2D eigenvalue weighted by Gasteiger charge is -2.06. The molecule has 0 saturated carbocycles. The normalized spacial score (nSPS) is 11.8. The van der Waals surface area contributed by atoms with Gasteiger partial charge in [-0.1, -0.05) is 12.1 Å². The summed E-state index contributed by atoms with van der Waals surface area (Å²) >= 11 is 6.64. The van der Waals surface area contributed by atoms with Gasteiger partial charge in [0.2, 0.25) is 0 Å². The number of halogens is 4. The first kappa shape index (κ1) is 12.3. The minimum absolute atomic E-state index is 0.205. The van der Waals surface area contributed by atoms with Crippen molar-refractivity contribution in [1.29, 1.82) is 0 Å². The summed E-state index contributed by atoms with van der Waals surface area (Å²) in [7, 11) is 0. The summed E-state index contributed by atoms with van der Waals surface area (Å²) in [5.41, 5.74) is -0.371. The molecule has 0 fully saturated rings. The molecule has 90 valence electrons. The number of hydrogen-bond acceptors (Lipinski definition) is 3. The molecule has 0 aliphatic heterocycles. The van der Waals surface area contributed by atoms with E-state index in [-0.39, 0.29) is 11.7 Å². The fraction of sp³-hybridized carbons (Fsp3) is 0.200. The van der Waals surface area contributed by atoms with E-state index in [0.717, 1.165) is 23.7 Å². The fourth-order valence-corrected chi connectivity index (χ4v) is 1.98. The molecule has 0 spiro atoms. The maximum atomic E-state index is 12.5. The standard InChI is InChI=1S/C10H6ClF3N2S/c11-5-8-15-9(16-17-8)6-2-1-3-7(4-6)10(12,13)14/h1-4H,5H2. The summed E-state index contributed by atoms with van der Waals surface area (Å²) in [5, 5.41) is 0.582. The van der Waals surface area contributed by atoms with E-state index in [4.69, 9.17) is 11.6 Å². The van der Waals surface area contributed by atoms with Crippen molar-refractivity contribution in [3.8, 4) is 11.4 Å². The Morgan fingerprint density at radius 1 is 1.29 bits per heavy atom. The number of rotatable bonds is 2. The molecule has 0 amide bonds. The Morgan fingerprint density at radius 3 is 2.65 bits per heavy atom. The van der Waals surface area contributed by atoms with Crippen molar-refractivity contribution >= 4 is 23.1 Å². The van der Waals surface area contributed by atoms with Gasteiger partial charge < -0.3 is 0 Å². The minimum atomic E-state index is -4.36. The Labute approximate surface area is 104 Å². The SMILES string of the molecule is FC(F)(F)c1cccc(-c2nsc(CCl)n2)c1. The van der Waals surface area contributed by atoms with Crippen molar-refractivity contribution < 1.29 is 13.2 Å². The highest BCUT2D eigenvalue weighted by Gasteiger charge is 2.30. The quantitative estimate of drug-likeness (QED) is 0.777. The molecule has 0 bridgehead atoms. The second kappa shape index (κ2) is 4.62. The smallest absolute Gasteiger partial charge is 0.218 e. The van der Waals surface area contributed by atoms with E-state index in [2.05, 4.69) is 9.36 Å². The lowest BCUT2D eigenvalue weighted by molar-refractivity contribution is -0.137. The molecule has 0 aliphatic rings. The van der Waals surface area contributed by atoms with Gasteiger partial charge in [0.25, 0.3) is 0 Å². The Bertz CT molecular complexity index is 524. The first-order valence-corrected chi connectivity index (χ1v) is 5.87. The predicted octanol–water partition coefficient (Wildman–Crippen LogP) is 3.96. The van der Waals surface area contributed by atoms with Crippen LogP contribution in [0.3, 0.4) is 0 Å². The van der Waals surface area contributed by atoms with Crippen LogP contribution in [0, 0.1) is 0 Å². The number of aromatic nitrogens is 2. The molecular formula is C10H6ClF3N2S. The summed E-state index contributed by atoms with van der Waals surface area (Å²) in [5.74, 6) is 0.480. The van der Waals surface area contributed by atoms with Crippen LogP contribution in [-0.2, 0) is 12.1 Å². The van der Waals surface area contributed by atoms with Gasteiger partial charge in [0.15, 0.2) is 5.82 Å². The van der Waals surface area contributed by atoms with Gasteiger partial charge in [0.05, 0.1) is 11.4 Å². The number of benzene rings is 1. The second-order valence-electron chi connectivity index (χ2n) is 3.22. The van der Waals surface area contributed by atoms with Crippen molar-refractivity contribution in [1.82, 2.24) is 9.36 Å². The Morgan fingerprint density at radius 2 is 2.06 bits per heavy atom. The van der Waals surface area contributed by atoms with Crippen LogP contribution in [0.25, 0.3) is 11.4 Å². The van der Waals surface area contributed by atoms with E-state index in [0.29, 0.717) is 10.6 Å². The Hall–Kier alpha value is -1.14. The summed E-state index contributed by atoms with van der Waals surface area (Å²) in [6.07, 6.45) is -4.36. The molecular weight excluding hydrogens is 273 g/mol. The minimum Gasteiger partial charge on any atom is -0.218 e. The molecule has 2 rings (SSSR count). The molecule has 0 atom stereocenters.